The first-order valence-electron chi connectivity index (χ1n) is 7.89. The molecule has 1 aliphatic carbocycles. The van der Waals surface area contributed by atoms with E-state index in [-0.39, 0.29) is 0 Å². The first-order chi connectivity index (χ1) is 8.46. The van der Waals surface area contributed by atoms with Gasteiger partial charge < -0.3 is 5.32 Å². The third-order valence-corrected chi connectivity index (χ3v) is 4.73. The normalized spacial score (nSPS) is 22.3. The van der Waals surface area contributed by atoms with E-state index in [4.69, 9.17) is 0 Å². The molecule has 0 amide bonds. The number of nitrogens with one attached hydrogen (secondary N) is 1. The molecule has 1 N–H and O–H groups in total. The van der Waals surface area contributed by atoms with Crippen molar-refractivity contribution < 1.29 is 0 Å². The highest BCUT2D eigenvalue weighted by Gasteiger charge is 2.30. The van der Waals surface area contributed by atoms with Gasteiger partial charge in [-0.3, -0.25) is 4.90 Å². The van der Waals surface area contributed by atoms with Gasteiger partial charge in [0.25, 0.3) is 0 Å². The highest BCUT2D eigenvalue weighted by molar-refractivity contribution is 4.84. The molecule has 0 radical (unpaired) electrons. The summed E-state index contributed by atoms with van der Waals surface area (Å²) in [5.74, 6) is 0. The summed E-state index contributed by atoms with van der Waals surface area (Å²) in [6, 6.07) is 1.47. The maximum absolute atomic E-state index is 3.58. The Balaban J connectivity index is 2.24. The van der Waals surface area contributed by atoms with Gasteiger partial charge in [0.1, 0.15) is 0 Å². The van der Waals surface area contributed by atoms with Gasteiger partial charge in [-0.15, -0.1) is 0 Å². The van der Waals surface area contributed by atoms with Crippen molar-refractivity contribution in [1.29, 1.82) is 0 Å². The number of unbranched alkanes of at least 4 members (excludes halogenated alkanes) is 1. The molecule has 1 saturated carbocycles. The average molecular weight is 254 g/mol. The fraction of sp³-hybridized carbons (Fsp3) is 1.00. The van der Waals surface area contributed by atoms with Crippen LogP contribution in [0.4, 0.5) is 0 Å². The van der Waals surface area contributed by atoms with E-state index in [0.717, 1.165) is 12.6 Å². The predicted molar refractivity (Wildman–Crippen MR) is 81.0 cm³/mol. The fourth-order valence-electron chi connectivity index (χ4n) is 2.91. The molecule has 108 valence electrons. The maximum Gasteiger partial charge on any atom is 0.0192 e. The van der Waals surface area contributed by atoms with Crippen molar-refractivity contribution in [1.82, 2.24) is 10.2 Å². The summed E-state index contributed by atoms with van der Waals surface area (Å²) in [7, 11) is 2.31. The summed E-state index contributed by atoms with van der Waals surface area (Å²) in [6.45, 7) is 11.8. The van der Waals surface area contributed by atoms with Gasteiger partial charge >= 0.3 is 0 Å². The maximum atomic E-state index is 3.58. The van der Waals surface area contributed by atoms with Crippen LogP contribution >= 0.6 is 0 Å². The monoisotopic (exact) mass is 254 g/mol. The zero-order valence-electron chi connectivity index (χ0n) is 13.3. The van der Waals surface area contributed by atoms with E-state index in [9.17, 15) is 0 Å². The number of nitrogens with zero attached hydrogens (tertiary/aromatic N) is 1. The minimum atomic E-state index is 0.583. The third-order valence-electron chi connectivity index (χ3n) is 4.73. The van der Waals surface area contributed by atoms with Crippen LogP contribution in [0.15, 0.2) is 0 Å². The first-order valence-corrected chi connectivity index (χ1v) is 7.89. The van der Waals surface area contributed by atoms with Gasteiger partial charge in [0.2, 0.25) is 0 Å². The molecule has 1 atom stereocenters. The van der Waals surface area contributed by atoms with Crippen molar-refractivity contribution in [3.05, 3.63) is 0 Å². The van der Waals surface area contributed by atoms with Crippen LogP contribution in [0.1, 0.15) is 66.2 Å². The standard InChI is InChI=1S/C16H34N2/c1-6-7-12-17-13-14(2)18(5)15-8-10-16(3,4)11-9-15/h14-15,17H,6-13H2,1-5H3. The lowest BCUT2D eigenvalue weighted by atomic mass is 9.75. The van der Waals surface area contributed by atoms with Crippen LogP contribution in [0.2, 0.25) is 0 Å². The molecule has 0 spiro atoms. The summed E-state index contributed by atoms with van der Waals surface area (Å²) < 4.78 is 0. The average Bonchev–Trinajstić information content (AvgIpc) is 2.33. The Kier molecular flexibility index (Phi) is 6.65. The first kappa shape index (κ1) is 16.0. The minimum Gasteiger partial charge on any atom is -0.315 e. The van der Waals surface area contributed by atoms with Crippen LogP contribution in [-0.4, -0.2) is 37.1 Å². The molecule has 0 aromatic heterocycles. The van der Waals surface area contributed by atoms with Crippen LogP contribution in [0.25, 0.3) is 0 Å². The largest absolute Gasteiger partial charge is 0.315 e. The van der Waals surface area contributed by atoms with Gasteiger partial charge in [-0.05, 0) is 58.0 Å². The summed E-state index contributed by atoms with van der Waals surface area (Å²) >= 11 is 0. The third kappa shape index (κ3) is 5.27. The molecule has 1 aliphatic rings. The van der Waals surface area contributed by atoms with E-state index in [1.807, 2.05) is 0 Å². The molecule has 1 unspecified atom stereocenters. The second-order valence-electron chi connectivity index (χ2n) is 6.97. The Hall–Kier alpha value is -0.0800. The summed E-state index contributed by atoms with van der Waals surface area (Å²) in [5, 5.41) is 3.58. The lowest BCUT2D eigenvalue weighted by molar-refractivity contribution is 0.0996. The topological polar surface area (TPSA) is 15.3 Å². The Labute approximate surface area is 115 Å². The molecule has 18 heavy (non-hydrogen) atoms. The Morgan fingerprint density at radius 3 is 2.44 bits per heavy atom. The molecule has 0 aromatic rings. The van der Waals surface area contributed by atoms with Crippen molar-refractivity contribution >= 4 is 0 Å². The molecule has 2 nitrogen and oxygen atoms in total. The van der Waals surface area contributed by atoms with Crippen LogP contribution in [0.3, 0.4) is 0 Å². The second-order valence-corrected chi connectivity index (χ2v) is 6.97. The fourth-order valence-corrected chi connectivity index (χ4v) is 2.91. The lowest BCUT2D eigenvalue weighted by Crippen LogP contribution is -2.46. The Morgan fingerprint density at radius 2 is 1.89 bits per heavy atom. The van der Waals surface area contributed by atoms with Crippen molar-refractivity contribution in [2.24, 2.45) is 5.41 Å². The van der Waals surface area contributed by atoms with Gasteiger partial charge in [0, 0.05) is 18.6 Å². The molecule has 2 heteroatoms. The Bertz CT molecular complexity index is 215. The quantitative estimate of drug-likeness (QED) is 0.697. The molecular weight excluding hydrogens is 220 g/mol. The highest BCUT2D eigenvalue weighted by Crippen LogP contribution is 2.36. The molecule has 0 aromatic carbocycles. The minimum absolute atomic E-state index is 0.583. The molecule has 0 bridgehead atoms. The number of rotatable bonds is 7. The summed E-state index contributed by atoms with van der Waals surface area (Å²) in [6.07, 6.45) is 8.12. The smallest absolute Gasteiger partial charge is 0.0192 e. The predicted octanol–water partition coefficient (Wildman–Crippen LogP) is 3.67. The Morgan fingerprint density at radius 1 is 1.28 bits per heavy atom. The highest BCUT2D eigenvalue weighted by atomic mass is 15.2. The van der Waals surface area contributed by atoms with Gasteiger partial charge in [0.05, 0.1) is 0 Å². The van der Waals surface area contributed by atoms with E-state index >= 15 is 0 Å². The molecule has 0 aliphatic heterocycles. The molecule has 0 heterocycles. The van der Waals surface area contributed by atoms with Crippen LogP contribution in [0.5, 0.6) is 0 Å². The van der Waals surface area contributed by atoms with E-state index in [1.165, 1.54) is 45.1 Å². The van der Waals surface area contributed by atoms with E-state index in [0.29, 0.717) is 11.5 Å². The van der Waals surface area contributed by atoms with E-state index in [1.54, 1.807) is 0 Å². The van der Waals surface area contributed by atoms with Crippen molar-refractivity contribution in [2.75, 3.05) is 20.1 Å². The molecular formula is C16H34N2. The zero-order valence-corrected chi connectivity index (χ0v) is 13.3. The number of hydrogen-bond acceptors (Lipinski definition) is 2. The summed E-state index contributed by atoms with van der Waals surface area (Å²) in [4.78, 5) is 2.61. The van der Waals surface area contributed by atoms with Crippen LogP contribution in [0, 0.1) is 5.41 Å². The zero-order chi connectivity index (χ0) is 13.6. The van der Waals surface area contributed by atoms with Crippen LogP contribution in [-0.2, 0) is 0 Å². The molecule has 1 fully saturated rings. The van der Waals surface area contributed by atoms with Gasteiger partial charge in [0.15, 0.2) is 0 Å². The van der Waals surface area contributed by atoms with Crippen molar-refractivity contribution in [3.63, 3.8) is 0 Å². The SMILES string of the molecule is CCCCNCC(C)N(C)C1CCC(C)(C)CC1. The van der Waals surface area contributed by atoms with Crippen molar-refractivity contribution in [2.45, 2.75) is 78.3 Å². The van der Waals surface area contributed by atoms with Crippen LogP contribution < -0.4 is 5.32 Å². The number of hydrogen-bond donors (Lipinski definition) is 1. The van der Waals surface area contributed by atoms with Crippen molar-refractivity contribution in [3.8, 4) is 0 Å². The van der Waals surface area contributed by atoms with Gasteiger partial charge in [-0.2, -0.15) is 0 Å². The molecule has 1 rings (SSSR count). The van der Waals surface area contributed by atoms with E-state index in [2.05, 4.69) is 45.0 Å². The van der Waals surface area contributed by atoms with E-state index < -0.39 is 0 Å². The number of likely N-dealkylation sites (N-methyl/N-ethyl adjacent to an activating group) is 1. The molecule has 0 saturated heterocycles. The van der Waals surface area contributed by atoms with Gasteiger partial charge in [-0.1, -0.05) is 27.2 Å². The van der Waals surface area contributed by atoms with Gasteiger partial charge in [-0.25, -0.2) is 0 Å². The summed E-state index contributed by atoms with van der Waals surface area (Å²) in [5.41, 5.74) is 0.583. The lowest BCUT2D eigenvalue weighted by Gasteiger charge is -2.41. The second kappa shape index (κ2) is 7.49.